The molecule has 0 amide bonds. The van der Waals surface area contributed by atoms with Gasteiger partial charge in [-0.3, -0.25) is 4.98 Å². The van der Waals surface area contributed by atoms with Crippen LogP contribution in [0, 0.1) is 25.2 Å². The second-order valence-corrected chi connectivity index (χ2v) is 14.2. The van der Waals surface area contributed by atoms with E-state index >= 15 is 0 Å². The number of aromatic nitrogens is 1. The number of nitrogens with zero attached hydrogens (tertiary/aromatic N) is 3. The second kappa shape index (κ2) is 18.0. The number of unbranched alkanes of at least 4 members (excludes halogenated alkanes) is 1. The van der Waals surface area contributed by atoms with Crippen LogP contribution in [-0.4, -0.2) is 69.7 Å². The largest absolute Gasteiger partial charge is 0.488 e. The lowest BCUT2D eigenvalue weighted by molar-refractivity contribution is 0.103. The predicted molar refractivity (Wildman–Crippen MR) is 200 cm³/mol. The molecule has 4 aromatic rings. The van der Waals surface area contributed by atoms with E-state index < -0.39 is 5.54 Å². The number of likely N-dealkylation sites (tertiary alicyclic amines) is 1. The summed E-state index contributed by atoms with van der Waals surface area (Å²) in [6.07, 6.45) is 7.10. The first-order chi connectivity index (χ1) is 24.6. The van der Waals surface area contributed by atoms with E-state index in [0.717, 1.165) is 62.0 Å². The molecule has 1 unspecified atom stereocenters. The number of pyridine rings is 1. The van der Waals surface area contributed by atoms with Crippen molar-refractivity contribution >= 4 is 11.6 Å². The molecule has 0 saturated carbocycles. The number of halogens is 1. The monoisotopic (exact) mass is 712 g/mol. The maximum Gasteiger partial charge on any atom is 0.142 e. The molecule has 9 nitrogen and oxygen atoms in total. The molecule has 0 radical (unpaired) electrons. The Kier molecular flexibility index (Phi) is 13.5. The van der Waals surface area contributed by atoms with E-state index in [1.165, 1.54) is 28.5 Å². The molecule has 0 aliphatic carbocycles. The van der Waals surface area contributed by atoms with E-state index in [1.54, 1.807) is 31.3 Å². The van der Waals surface area contributed by atoms with Gasteiger partial charge in [-0.1, -0.05) is 48.0 Å². The topological polar surface area (TPSA) is 131 Å². The number of aryl methyl sites for hydroxylation is 1. The van der Waals surface area contributed by atoms with Crippen LogP contribution in [-0.2, 0) is 26.2 Å². The summed E-state index contributed by atoms with van der Waals surface area (Å²) in [4.78, 5) is 6.49. The molecule has 0 spiro atoms. The summed E-state index contributed by atoms with van der Waals surface area (Å²) in [5.41, 5.74) is 8.19. The molecule has 3 aromatic carbocycles. The number of nitrogens with one attached hydrogen (secondary N) is 1. The zero-order chi connectivity index (χ0) is 36.4. The number of aliphatic hydroxyl groups is 3. The number of rotatable bonds is 17. The Morgan fingerprint density at radius 1 is 0.941 bits per heavy atom. The van der Waals surface area contributed by atoms with Crippen molar-refractivity contribution in [2.24, 2.45) is 0 Å². The van der Waals surface area contributed by atoms with E-state index in [2.05, 4.69) is 71.5 Å². The number of β-amino-alcohol motifs (C(OH)–C–C–N with tert-alkyl or cyclic N) is 1. The normalized spacial score (nSPS) is 14.8. The van der Waals surface area contributed by atoms with E-state index in [1.807, 2.05) is 0 Å². The van der Waals surface area contributed by atoms with Crippen molar-refractivity contribution in [3.8, 4) is 28.7 Å². The fourth-order valence-electron chi connectivity index (χ4n) is 6.42. The zero-order valence-corrected chi connectivity index (χ0v) is 30.5. The van der Waals surface area contributed by atoms with Gasteiger partial charge in [0.05, 0.1) is 35.4 Å². The van der Waals surface area contributed by atoms with E-state index in [0.29, 0.717) is 34.3 Å². The third kappa shape index (κ3) is 10.1. The third-order valence-corrected chi connectivity index (χ3v) is 10.1. The van der Waals surface area contributed by atoms with Crippen LogP contribution >= 0.6 is 11.6 Å². The van der Waals surface area contributed by atoms with Gasteiger partial charge in [0, 0.05) is 49.2 Å². The molecule has 5 rings (SSSR count). The second-order valence-electron chi connectivity index (χ2n) is 13.8. The van der Waals surface area contributed by atoms with Crippen LogP contribution in [0.1, 0.15) is 65.1 Å². The summed E-state index contributed by atoms with van der Waals surface area (Å²) in [6.45, 7) is 9.10. The van der Waals surface area contributed by atoms with Crippen LogP contribution in [0.15, 0.2) is 67.0 Å². The lowest BCUT2D eigenvalue weighted by Gasteiger charge is -2.27. The summed E-state index contributed by atoms with van der Waals surface area (Å²) in [5, 5.41) is 42.3. The Hall–Kier alpha value is -4.01. The maximum atomic E-state index is 9.82. The minimum Gasteiger partial charge on any atom is -0.488 e. The van der Waals surface area contributed by atoms with Crippen LogP contribution in [0.4, 0.5) is 0 Å². The lowest BCUT2D eigenvalue weighted by atomic mass is 9.90. The van der Waals surface area contributed by atoms with Gasteiger partial charge in [-0.25, -0.2) is 0 Å². The number of hydrogen-bond acceptors (Lipinski definition) is 9. The van der Waals surface area contributed by atoms with Crippen LogP contribution in [0.5, 0.6) is 11.5 Å². The highest BCUT2D eigenvalue weighted by Crippen LogP contribution is 2.36. The average molecular weight is 713 g/mol. The molecule has 1 aliphatic rings. The summed E-state index contributed by atoms with van der Waals surface area (Å²) in [5.74, 6) is 0.969. The smallest absolute Gasteiger partial charge is 0.142 e. The SMILES string of the molecule is Cc1c(CCCCN2CCC(O)C2)cccc1-c1cccc(COc2cc(OCc3cncc(C#N)c3)c(CNC(C)(CO)CO)cc2Cl)c1C. The quantitative estimate of drug-likeness (QED) is 0.0936. The van der Waals surface area contributed by atoms with Crippen molar-refractivity contribution in [1.29, 1.82) is 5.26 Å². The van der Waals surface area contributed by atoms with Crippen molar-refractivity contribution in [3.63, 3.8) is 0 Å². The fourth-order valence-corrected chi connectivity index (χ4v) is 6.66. The summed E-state index contributed by atoms with van der Waals surface area (Å²) >= 11 is 6.78. The molecule has 10 heteroatoms. The Labute approximate surface area is 306 Å². The standard InChI is InChI=1S/C41H49ClN4O5/c1-28-32(8-4-5-14-46-15-13-35(49)23-46)9-6-11-36(28)37-12-7-10-33(29(37)2)25-51-40-18-39(50-24-31-16-30(19-43)20-44-21-31)34(17-38(40)42)22-45-41(3,26-47)27-48/h6-7,9-12,16-18,20-21,35,45,47-49H,4-5,8,13-15,22-27H2,1-3H3. The van der Waals surface area contributed by atoms with Crippen molar-refractivity contribution in [2.75, 3.05) is 32.8 Å². The number of nitriles is 1. The van der Waals surface area contributed by atoms with Crippen LogP contribution in [0.3, 0.4) is 0 Å². The molecule has 1 saturated heterocycles. The van der Waals surface area contributed by atoms with Gasteiger partial charge in [0.1, 0.15) is 30.8 Å². The van der Waals surface area contributed by atoms with Gasteiger partial charge in [0.15, 0.2) is 0 Å². The molecule has 1 aliphatic heterocycles. The van der Waals surface area contributed by atoms with Crippen LogP contribution < -0.4 is 14.8 Å². The first kappa shape index (κ1) is 38.2. The Bertz CT molecular complexity index is 1820. The van der Waals surface area contributed by atoms with E-state index in [-0.39, 0.29) is 32.5 Å². The molecule has 0 bridgehead atoms. The molecule has 1 fully saturated rings. The van der Waals surface area contributed by atoms with E-state index in [9.17, 15) is 20.6 Å². The Morgan fingerprint density at radius 3 is 2.33 bits per heavy atom. The average Bonchev–Trinajstić information content (AvgIpc) is 3.57. The number of benzene rings is 3. The molecule has 51 heavy (non-hydrogen) atoms. The molecule has 270 valence electrons. The highest BCUT2D eigenvalue weighted by molar-refractivity contribution is 6.32. The third-order valence-electron chi connectivity index (χ3n) is 9.82. The van der Waals surface area contributed by atoms with Gasteiger partial charge in [-0.2, -0.15) is 5.26 Å². The van der Waals surface area contributed by atoms with Crippen molar-refractivity contribution in [3.05, 3.63) is 111 Å². The summed E-state index contributed by atoms with van der Waals surface area (Å²) < 4.78 is 12.6. The Morgan fingerprint density at radius 2 is 1.65 bits per heavy atom. The van der Waals surface area contributed by atoms with Crippen molar-refractivity contribution < 1.29 is 24.8 Å². The van der Waals surface area contributed by atoms with Gasteiger partial charge >= 0.3 is 0 Å². The lowest BCUT2D eigenvalue weighted by Crippen LogP contribution is -2.48. The number of aliphatic hydroxyl groups excluding tert-OH is 3. The highest BCUT2D eigenvalue weighted by atomic mass is 35.5. The maximum absolute atomic E-state index is 9.82. The van der Waals surface area contributed by atoms with Gasteiger partial charge < -0.3 is 35.0 Å². The molecular weight excluding hydrogens is 664 g/mol. The number of hydrogen-bond donors (Lipinski definition) is 4. The van der Waals surface area contributed by atoms with Crippen molar-refractivity contribution in [2.45, 2.75) is 77.9 Å². The fraction of sp³-hybridized carbons (Fsp3) is 0.415. The molecule has 1 atom stereocenters. The molecule has 2 heterocycles. The van der Waals surface area contributed by atoms with Gasteiger partial charge in [-0.15, -0.1) is 0 Å². The summed E-state index contributed by atoms with van der Waals surface area (Å²) in [6, 6.07) is 20.2. The molecule has 1 aromatic heterocycles. The Balaban J connectivity index is 1.31. The first-order valence-electron chi connectivity index (χ1n) is 17.6. The first-order valence-corrected chi connectivity index (χ1v) is 18.0. The van der Waals surface area contributed by atoms with Crippen LogP contribution in [0.2, 0.25) is 5.02 Å². The molecule has 4 N–H and O–H groups in total. The van der Waals surface area contributed by atoms with Crippen molar-refractivity contribution in [1.82, 2.24) is 15.2 Å². The van der Waals surface area contributed by atoms with Gasteiger partial charge in [-0.05, 0) is 98.5 Å². The van der Waals surface area contributed by atoms with Gasteiger partial charge in [0.25, 0.3) is 0 Å². The van der Waals surface area contributed by atoms with E-state index in [4.69, 9.17) is 21.1 Å². The minimum atomic E-state index is -0.900. The summed E-state index contributed by atoms with van der Waals surface area (Å²) in [7, 11) is 0. The predicted octanol–water partition coefficient (Wildman–Crippen LogP) is 6.27. The zero-order valence-electron chi connectivity index (χ0n) is 29.8. The highest BCUT2D eigenvalue weighted by Gasteiger charge is 2.23. The van der Waals surface area contributed by atoms with Gasteiger partial charge in [0.2, 0.25) is 0 Å². The van der Waals surface area contributed by atoms with Crippen LogP contribution in [0.25, 0.3) is 11.1 Å². The molecular formula is C41H49ClN4O5. The number of ether oxygens (including phenoxy) is 2. The minimum absolute atomic E-state index is 0.163.